The highest BCUT2D eigenvalue weighted by Crippen LogP contribution is 2.22. The maximum atomic E-state index is 12.4. The van der Waals surface area contributed by atoms with Crippen LogP contribution in [0.15, 0.2) is 27.6 Å². The van der Waals surface area contributed by atoms with Crippen LogP contribution in [0, 0.1) is 0 Å². The lowest BCUT2D eigenvalue weighted by molar-refractivity contribution is -0.137. The summed E-state index contributed by atoms with van der Waals surface area (Å²) in [6.07, 6.45) is 2.97. The van der Waals surface area contributed by atoms with Gasteiger partial charge in [0.1, 0.15) is 0 Å². The third-order valence-electron chi connectivity index (χ3n) is 4.31. The molecule has 0 aromatic heterocycles. The Labute approximate surface area is 168 Å². The van der Waals surface area contributed by atoms with Gasteiger partial charge >= 0.3 is 5.97 Å². The molecule has 150 valence electrons. The second kappa shape index (κ2) is 9.16. The largest absolute Gasteiger partial charge is 0.452 e. The van der Waals surface area contributed by atoms with Crippen molar-refractivity contribution in [2.75, 3.05) is 13.2 Å². The molecule has 1 fully saturated rings. The van der Waals surface area contributed by atoms with Gasteiger partial charge in [0.25, 0.3) is 5.91 Å². The fourth-order valence-corrected chi connectivity index (χ4v) is 4.65. The van der Waals surface area contributed by atoms with E-state index in [4.69, 9.17) is 4.74 Å². The normalized spacial score (nSPS) is 17.8. The van der Waals surface area contributed by atoms with Gasteiger partial charge in [-0.15, -0.1) is 0 Å². The third-order valence-corrected chi connectivity index (χ3v) is 6.66. The maximum Gasteiger partial charge on any atom is 0.339 e. The molecule has 1 atom stereocenters. The molecule has 7 nitrogen and oxygen atoms in total. The summed E-state index contributed by atoms with van der Waals surface area (Å²) >= 11 is 3.23. The molecule has 0 radical (unpaired) electrons. The Morgan fingerprint density at radius 1 is 1.33 bits per heavy atom. The molecule has 1 aromatic rings. The molecular weight excluding hydrogens is 436 g/mol. The van der Waals surface area contributed by atoms with E-state index in [-0.39, 0.29) is 35.1 Å². The molecule has 9 heteroatoms. The molecule has 1 aromatic carbocycles. The minimum Gasteiger partial charge on any atom is -0.452 e. The Hall–Kier alpha value is -1.45. The van der Waals surface area contributed by atoms with Crippen molar-refractivity contribution in [3.05, 3.63) is 28.2 Å². The topological polar surface area (TPSA) is 92.8 Å². The summed E-state index contributed by atoms with van der Waals surface area (Å²) in [4.78, 5) is 26.4. The van der Waals surface area contributed by atoms with Gasteiger partial charge in [0.2, 0.25) is 10.0 Å². The van der Waals surface area contributed by atoms with E-state index in [9.17, 15) is 18.0 Å². The van der Waals surface area contributed by atoms with Crippen LogP contribution in [0.4, 0.5) is 0 Å². The van der Waals surface area contributed by atoms with Gasteiger partial charge in [-0.05, 0) is 74.2 Å². The number of nitrogens with one attached hydrogen (secondary N) is 1. The number of amides is 1. The van der Waals surface area contributed by atoms with E-state index in [0.717, 1.165) is 19.3 Å². The molecule has 0 spiro atoms. The van der Waals surface area contributed by atoms with Crippen LogP contribution in [0.25, 0.3) is 0 Å². The van der Waals surface area contributed by atoms with Crippen molar-refractivity contribution in [2.45, 2.75) is 57.0 Å². The van der Waals surface area contributed by atoms with Crippen molar-refractivity contribution in [2.24, 2.45) is 0 Å². The Bertz CT molecular complexity index is 810. The molecule has 1 amide bonds. The Morgan fingerprint density at radius 3 is 2.67 bits per heavy atom. The Kier molecular flexibility index (Phi) is 7.41. The quantitative estimate of drug-likeness (QED) is 0.658. The number of nitrogens with zero attached hydrogens (tertiary/aromatic N) is 1. The molecule has 2 rings (SSSR count). The summed E-state index contributed by atoms with van der Waals surface area (Å²) in [5.74, 6) is -0.988. The molecule has 1 aliphatic heterocycles. The average Bonchev–Trinajstić information content (AvgIpc) is 2.59. The zero-order valence-electron chi connectivity index (χ0n) is 15.7. The van der Waals surface area contributed by atoms with Gasteiger partial charge < -0.3 is 9.64 Å². The van der Waals surface area contributed by atoms with Crippen molar-refractivity contribution >= 4 is 37.8 Å². The van der Waals surface area contributed by atoms with Crippen molar-refractivity contribution in [1.82, 2.24) is 9.62 Å². The summed E-state index contributed by atoms with van der Waals surface area (Å²) < 4.78 is 32.6. The van der Waals surface area contributed by atoms with E-state index >= 15 is 0 Å². The van der Waals surface area contributed by atoms with Gasteiger partial charge in [0.05, 0.1) is 10.5 Å². The average molecular weight is 461 g/mol. The van der Waals surface area contributed by atoms with Gasteiger partial charge in [0, 0.05) is 23.1 Å². The van der Waals surface area contributed by atoms with Crippen molar-refractivity contribution in [3.8, 4) is 0 Å². The van der Waals surface area contributed by atoms with E-state index in [1.807, 2.05) is 6.92 Å². The van der Waals surface area contributed by atoms with E-state index in [1.54, 1.807) is 18.7 Å². The van der Waals surface area contributed by atoms with E-state index in [0.29, 0.717) is 11.0 Å². The molecule has 0 saturated carbocycles. The predicted octanol–water partition coefficient (Wildman–Crippen LogP) is 2.69. The van der Waals surface area contributed by atoms with Crippen molar-refractivity contribution in [3.63, 3.8) is 0 Å². The first-order valence-electron chi connectivity index (χ1n) is 8.90. The minimum absolute atomic E-state index is 0.0395. The minimum atomic E-state index is -3.74. The maximum absolute atomic E-state index is 12.4. The summed E-state index contributed by atoms with van der Waals surface area (Å²) in [7, 11) is -3.74. The van der Waals surface area contributed by atoms with Crippen molar-refractivity contribution < 1.29 is 22.7 Å². The highest BCUT2D eigenvalue weighted by atomic mass is 79.9. The first kappa shape index (κ1) is 21.8. The summed E-state index contributed by atoms with van der Waals surface area (Å²) in [5, 5.41) is 0. The summed E-state index contributed by atoms with van der Waals surface area (Å²) in [5.41, 5.74) is 0.0566. The lowest BCUT2D eigenvalue weighted by Gasteiger charge is -2.33. The number of benzene rings is 1. The number of carbonyl (C=O) groups is 2. The third kappa shape index (κ3) is 5.76. The number of likely N-dealkylation sites (tertiary alicyclic amines) is 1. The van der Waals surface area contributed by atoms with Crippen LogP contribution in [-0.4, -0.2) is 50.4 Å². The molecule has 0 unspecified atom stereocenters. The van der Waals surface area contributed by atoms with Crippen LogP contribution in [0.3, 0.4) is 0 Å². The number of carbonyl (C=O) groups excluding carboxylic acids is 2. The number of rotatable bonds is 6. The van der Waals surface area contributed by atoms with E-state index < -0.39 is 16.0 Å². The number of piperidine rings is 1. The van der Waals surface area contributed by atoms with E-state index in [2.05, 4.69) is 20.7 Å². The SMILES string of the molecule is CC(C)NS(=O)(=O)c1ccc(Br)c(C(=O)OCC(=O)N2CCCC[C@@H]2C)c1. The Balaban J connectivity index is 2.09. The number of sulfonamides is 1. The summed E-state index contributed by atoms with van der Waals surface area (Å²) in [6.45, 7) is 5.69. The molecule has 1 N–H and O–H groups in total. The van der Waals surface area contributed by atoms with Crippen LogP contribution < -0.4 is 4.72 Å². The fourth-order valence-electron chi connectivity index (χ4n) is 2.96. The molecule has 1 aliphatic rings. The van der Waals surface area contributed by atoms with Gasteiger partial charge in [-0.1, -0.05) is 0 Å². The molecule has 1 saturated heterocycles. The predicted molar refractivity (Wildman–Crippen MR) is 105 cm³/mol. The summed E-state index contributed by atoms with van der Waals surface area (Å²) in [6, 6.07) is 3.96. The van der Waals surface area contributed by atoms with E-state index in [1.165, 1.54) is 18.2 Å². The monoisotopic (exact) mass is 460 g/mol. The molecule has 27 heavy (non-hydrogen) atoms. The number of hydrogen-bond acceptors (Lipinski definition) is 5. The van der Waals surface area contributed by atoms with Crippen LogP contribution in [-0.2, 0) is 19.6 Å². The Morgan fingerprint density at radius 2 is 2.04 bits per heavy atom. The van der Waals surface area contributed by atoms with Crippen molar-refractivity contribution in [1.29, 1.82) is 0 Å². The zero-order chi connectivity index (χ0) is 20.2. The van der Waals surface area contributed by atoms with Gasteiger partial charge in [0.15, 0.2) is 6.61 Å². The van der Waals surface area contributed by atoms with Gasteiger partial charge in [-0.3, -0.25) is 4.79 Å². The smallest absolute Gasteiger partial charge is 0.339 e. The van der Waals surface area contributed by atoms with Crippen LogP contribution >= 0.6 is 15.9 Å². The first-order chi connectivity index (χ1) is 12.6. The number of hydrogen-bond donors (Lipinski definition) is 1. The molecular formula is C18H25BrN2O5S. The molecule has 0 bridgehead atoms. The fraction of sp³-hybridized carbons (Fsp3) is 0.556. The number of ether oxygens (including phenoxy) is 1. The lowest BCUT2D eigenvalue weighted by Crippen LogP contribution is -2.44. The highest BCUT2D eigenvalue weighted by molar-refractivity contribution is 9.10. The standard InChI is InChI=1S/C18H25BrN2O5S/c1-12(2)20-27(24,25)14-7-8-16(19)15(10-14)18(23)26-11-17(22)21-9-5-4-6-13(21)3/h7-8,10,12-13,20H,4-6,9,11H2,1-3H3/t13-/m0/s1. The number of halogens is 1. The van der Waals surface area contributed by atoms with Crippen LogP contribution in [0.1, 0.15) is 50.4 Å². The second-order valence-corrected chi connectivity index (χ2v) is 9.49. The lowest BCUT2D eigenvalue weighted by atomic mass is 10.0. The van der Waals surface area contributed by atoms with Gasteiger partial charge in [-0.25, -0.2) is 17.9 Å². The highest BCUT2D eigenvalue weighted by Gasteiger charge is 2.25. The number of esters is 1. The molecule has 0 aliphatic carbocycles. The van der Waals surface area contributed by atoms with Crippen LogP contribution in [0.5, 0.6) is 0 Å². The zero-order valence-corrected chi connectivity index (χ0v) is 18.1. The molecule has 1 heterocycles. The first-order valence-corrected chi connectivity index (χ1v) is 11.2. The van der Waals surface area contributed by atoms with Gasteiger partial charge in [-0.2, -0.15) is 0 Å². The second-order valence-electron chi connectivity index (χ2n) is 6.93. The van der Waals surface area contributed by atoms with Crippen LogP contribution in [0.2, 0.25) is 0 Å².